The fourth-order valence-electron chi connectivity index (χ4n) is 3.48. The molecule has 0 saturated carbocycles. The summed E-state index contributed by atoms with van der Waals surface area (Å²) in [5.74, 6) is 1.97. The molecule has 0 spiro atoms. The number of methoxy groups -OCH3 is 1. The second kappa shape index (κ2) is 7.41. The summed E-state index contributed by atoms with van der Waals surface area (Å²) in [6.45, 7) is 0.581. The van der Waals surface area contributed by atoms with Crippen LogP contribution in [0.5, 0.6) is 22.4 Å². The van der Waals surface area contributed by atoms with Crippen LogP contribution in [0.25, 0.3) is 27.4 Å². The van der Waals surface area contributed by atoms with Crippen molar-refractivity contribution in [2.45, 2.75) is 6.10 Å². The Morgan fingerprint density at radius 2 is 2.09 bits per heavy atom. The van der Waals surface area contributed by atoms with Gasteiger partial charge in [0.25, 0.3) is 5.19 Å². The van der Waals surface area contributed by atoms with E-state index in [2.05, 4.69) is 10.1 Å². The summed E-state index contributed by atoms with van der Waals surface area (Å²) in [5.41, 5.74) is 1.23. The topological polar surface area (TPSA) is 80.3 Å². The Kier molecular flexibility index (Phi) is 4.39. The summed E-state index contributed by atoms with van der Waals surface area (Å²) in [7, 11) is 1.57. The third kappa shape index (κ3) is 3.28. The molecule has 2 aromatic carbocycles. The van der Waals surface area contributed by atoms with Gasteiger partial charge in [-0.1, -0.05) is 0 Å². The zero-order valence-electron chi connectivity index (χ0n) is 16.8. The number of halogens is 1. The van der Waals surface area contributed by atoms with Crippen LogP contribution in [0.4, 0.5) is 4.39 Å². The number of fused-ring (bicyclic) bond motifs is 4. The summed E-state index contributed by atoms with van der Waals surface area (Å²) in [6.07, 6.45) is 1.44. The highest BCUT2D eigenvalue weighted by molar-refractivity contribution is 7.18. The normalized spacial score (nSPS) is 15.4. The SMILES string of the molecule is COc1nn2cc(-c3cc4ccc5c(c4o3)OC(COc3ccc(F)cc3)CO5)nc2s1. The highest BCUT2D eigenvalue weighted by Crippen LogP contribution is 2.42. The molecule has 32 heavy (non-hydrogen) atoms. The molecule has 4 heterocycles. The molecule has 162 valence electrons. The van der Waals surface area contributed by atoms with Crippen molar-refractivity contribution in [3.8, 4) is 33.9 Å². The minimum absolute atomic E-state index is 0.250. The Morgan fingerprint density at radius 1 is 1.22 bits per heavy atom. The number of imidazole rings is 1. The van der Waals surface area contributed by atoms with Crippen LogP contribution in [-0.4, -0.2) is 41.0 Å². The first-order valence-electron chi connectivity index (χ1n) is 9.81. The molecule has 5 aromatic rings. The second-order valence-corrected chi connectivity index (χ2v) is 8.08. The van der Waals surface area contributed by atoms with Gasteiger partial charge in [0, 0.05) is 5.39 Å². The molecular formula is C22H16FN3O5S. The van der Waals surface area contributed by atoms with E-state index in [4.69, 9.17) is 23.4 Å². The van der Waals surface area contributed by atoms with Gasteiger partial charge in [-0.05, 0) is 53.8 Å². The van der Waals surface area contributed by atoms with Gasteiger partial charge in [0.1, 0.15) is 30.5 Å². The number of furan rings is 1. The van der Waals surface area contributed by atoms with Crippen molar-refractivity contribution in [2.24, 2.45) is 0 Å². The minimum atomic E-state index is -0.346. The first kappa shape index (κ1) is 18.9. The van der Waals surface area contributed by atoms with Gasteiger partial charge in [-0.3, -0.25) is 0 Å². The number of benzene rings is 2. The van der Waals surface area contributed by atoms with Crippen molar-refractivity contribution in [3.63, 3.8) is 0 Å². The van der Waals surface area contributed by atoms with E-state index in [9.17, 15) is 4.39 Å². The summed E-state index contributed by atoms with van der Waals surface area (Å²) in [6, 6.07) is 11.5. The maximum Gasteiger partial charge on any atom is 0.294 e. The number of hydrogen-bond acceptors (Lipinski definition) is 8. The Bertz CT molecular complexity index is 1390. The third-order valence-corrected chi connectivity index (χ3v) is 5.90. The molecule has 1 atom stereocenters. The van der Waals surface area contributed by atoms with Gasteiger partial charge in [-0.2, -0.15) is 0 Å². The molecule has 1 aliphatic rings. The number of ether oxygens (including phenoxy) is 4. The molecule has 0 radical (unpaired) electrons. The second-order valence-electron chi connectivity index (χ2n) is 7.16. The van der Waals surface area contributed by atoms with Gasteiger partial charge in [-0.15, -0.1) is 5.10 Å². The molecule has 0 bridgehead atoms. The predicted octanol–water partition coefficient (Wildman–Crippen LogP) is 4.57. The third-order valence-electron chi connectivity index (χ3n) is 5.02. The van der Waals surface area contributed by atoms with Crippen LogP contribution in [0.1, 0.15) is 0 Å². The molecule has 1 unspecified atom stereocenters. The van der Waals surface area contributed by atoms with E-state index in [0.29, 0.717) is 51.0 Å². The van der Waals surface area contributed by atoms with Crippen LogP contribution in [0.3, 0.4) is 0 Å². The van der Waals surface area contributed by atoms with Gasteiger partial charge in [0.2, 0.25) is 10.7 Å². The van der Waals surface area contributed by atoms with Gasteiger partial charge in [0.05, 0.1) is 13.3 Å². The molecule has 8 nitrogen and oxygen atoms in total. The van der Waals surface area contributed by atoms with Gasteiger partial charge < -0.3 is 23.4 Å². The molecule has 0 aliphatic carbocycles. The van der Waals surface area contributed by atoms with E-state index in [1.807, 2.05) is 18.2 Å². The quantitative estimate of drug-likeness (QED) is 0.386. The first-order chi connectivity index (χ1) is 15.7. The van der Waals surface area contributed by atoms with Crippen LogP contribution in [0.2, 0.25) is 0 Å². The van der Waals surface area contributed by atoms with Crippen molar-refractivity contribution < 1.29 is 27.8 Å². The van der Waals surface area contributed by atoms with Crippen LogP contribution < -0.4 is 18.9 Å². The van der Waals surface area contributed by atoms with Crippen LogP contribution in [0, 0.1) is 5.82 Å². The Labute approximate surface area is 184 Å². The van der Waals surface area contributed by atoms with Crippen LogP contribution in [-0.2, 0) is 0 Å². The Balaban J connectivity index is 1.26. The summed E-state index contributed by atoms with van der Waals surface area (Å²) in [4.78, 5) is 5.27. The van der Waals surface area contributed by atoms with E-state index in [1.165, 1.54) is 23.5 Å². The van der Waals surface area contributed by atoms with E-state index in [0.717, 1.165) is 5.39 Å². The zero-order valence-corrected chi connectivity index (χ0v) is 17.6. The standard InChI is InChI=1S/C22H16FN3O5S/c1-27-22-25-26-9-16(24-21(26)32-22)18-8-12-2-7-17-20(19(12)31-18)30-15(11-29-17)10-28-14-5-3-13(23)4-6-14/h2-9,15H,10-11H2,1H3. The lowest BCUT2D eigenvalue weighted by Gasteiger charge is -2.26. The maximum atomic E-state index is 13.1. The van der Waals surface area contributed by atoms with E-state index in [1.54, 1.807) is 30.0 Å². The van der Waals surface area contributed by atoms with Gasteiger partial charge in [0.15, 0.2) is 23.2 Å². The Hall–Kier alpha value is -3.79. The minimum Gasteiger partial charge on any atom is -0.490 e. The fraction of sp³-hybridized carbons (Fsp3) is 0.182. The Morgan fingerprint density at radius 3 is 2.91 bits per heavy atom. The van der Waals surface area contributed by atoms with Gasteiger partial charge >= 0.3 is 0 Å². The van der Waals surface area contributed by atoms with Gasteiger partial charge in [-0.25, -0.2) is 13.9 Å². The molecule has 6 rings (SSSR count). The lowest BCUT2D eigenvalue weighted by molar-refractivity contribution is 0.0542. The number of hydrogen-bond donors (Lipinski definition) is 0. The highest BCUT2D eigenvalue weighted by Gasteiger charge is 2.26. The molecule has 10 heteroatoms. The van der Waals surface area contributed by atoms with Crippen molar-refractivity contribution in [2.75, 3.05) is 20.3 Å². The smallest absolute Gasteiger partial charge is 0.294 e. The molecular weight excluding hydrogens is 437 g/mol. The number of nitrogens with zero attached hydrogens (tertiary/aromatic N) is 3. The van der Waals surface area contributed by atoms with Crippen LogP contribution >= 0.6 is 11.3 Å². The van der Waals surface area contributed by atoms with E-state index >= 15 is 0 Å². The first-order valence-corrected chi connectivity index (χ1v) is 10.6. The van der Waals surface area contributed by atoms with E-state index < -0.39 is 0 Å². The summed E-state index contributed by atoms with van der Waals surface area (Å²) < 4.78 is 43.7. The number of rotatable bonds is 5. The van der Waals surface area contributed by atoms with Crippen molar-refractivity contribution >= 4 is 27.3 Å². The fourth-order valence-corrected chi connectivity index (χ4v) is 4.18. The molecule has 0 fully saturated rings. The highest BCUT2D eigenvalue weighted by atomic mass is 32.1. The number of aromatic nitrogens is 3. The summed E-state index contributed by atoms with van der Waals surface area (Å²) >= 11 is 1.34. The lowest BCUT2D eigenvalue weighted by atomic mass is 10.2. The molecule has 1 aliphatic heterocycles. The molecule has 0 saturated heterocycles. The lowest BCUT2D eigenvalue weighted by Crippen LogP contribution is -2.34. The predicted molar refractivity (Wildman–Crippen MR) is 114 cm³/mol. The van der Waals surface area contributed by atoms with Crippen molar-refractivity contribution in [1.82, 2.24) is 14.6 Å². The monoisotopic (exact) mass is 453 g/mol. The average Bonchev–Trinajstić information content (AvgIpc) is 3.51. The molecule has 0 amide bonds. The zero-order chi connectivity index (χ0) is 21.7. The molecule has 3 aromatic heterocycles. The molecule has 0 N–H and O–H groups in total. The largest absolute Gasteiger partial charge is 0.490 e. The van der Waals surface area contributed by atoms with Crippen molar-refractivity contribution in [1.29, 1.82) is 0 Å². The summed E-state index contributed by atoms with van der Waals surface area (Å²) in [5, 5.41) is 5.70. The van der Waals surface area contributed by atoms with Crippen LogP contribution in [0.15, 0.2) is 53.1 Å². The van der Waals surface area contributed by atoms with Crippen molar-refractivity contribution in [3.05, 3.63) is 54.5 Å². The maximum absolute atomic E-state index is 13.1. The average molecular weight is 453 g/mol. The van der Waals surface area contributed by atoms with E-state index in [-0.39, 0.29) is 18.5 Å².